The summed E-state index contributed by atoms with van der Waals surface area (Å²) < 4.78 is 66.9. The summed E-state index contributed by atoms with van der Waals surface area (Å²) in [6, 6.07) is 8.60. The van der Waals surface area contributed by atoms with Gasteiger partial charge in [0.25, 0.3) is 0 Å². The van der Waals surface area contributed by atoms with E-state index in [0.29, 0.717) is 5.56 Å². The minimum atomic E-state index is -5.73. The van der Waals surface area contributed by atoms with Gasteiger partial charge in [-0.05, 0) is 12.1 Å². The van der Waals surface area contributed by atoms with Crippen LogP contribution in [-0.2, 0) is 19.0 Å². The summed E-state index contributed by atoms with van der Waals surface area (Å²) >= 11 is 0. The van der Waals surface area contributed by atoms with Gasteiger partial charge in [0.2, 0.25) is 0 Å². The van der Waals surface area contributed by atoms with Gasteiger partial charge in [-0.2, -0.15) is 21.6 Å². The molecule has 0 aliphatic carbocycles. The summed E-state index contributed by atoms with van der Waals surface area (Å²) in [5.41, 5.74) is -4.89. The van der Waals surface area contributed by atoms with Crippen LogP contribution in [0.25, 0.3) is 0 Å². The molecule has 0 heterocycles. The van der Waals surface area contributed by atoms with Gasteiger partial charge >= 0.3 is 15.6 Å². The number of rotatable bonds is 4. The molecule has 0 bridgehead atoms. The Balaban J connectivity index is 2.93. The highest BCUT2D eigenvalue weighted by Gasteiger charge is 2.48. The van der Waals surface area contributed by atoms with Crippen molar-refractivity contribution in [1.29, 1.82) is 0 Å². The summed E-state index contributed by atoms with van der Waals surface area (Å²) in [6.07, 6.45) is 0.916. The molecule has 0 aliphatic rings. The van der Waals surface area contributed by atoms with Crippen molar-refractivity contribution in [1.82, 2.24) is 0 Å². The molecule has 114 valence electrons. The van der Waals surface area contributed by atoms with E-state index < -0.39 is 28.0 Å². The molecule has 0 N–H and O–H groups in total. The van der Waals surface area contributed by atoms with E-state index in [4.69, 9.17) is 0 Å². The molecule has 0 radical (unpaired) electrons. The van der Waals surface area contributed by atoms with Gasteiger partial charge in [-0.1, -0.05) is 30.0 Å². The second-order valence-electron chi connectivity index (χ2n) is 3.66. The van der Waals surface area contributed by atoms with Crippen molar-refractivity contribution in [3.8, 4) is 11.8 Å². The number of allylic oxidation sites excluding steroid dienone is 1. The lowest BCUT2D eigenvalue weighted by Gasteiger charge is -2.10. The van der Waals surface area contributed by atoms with Crippen molar-refractivity contribution in [2.75, 3.05) is 13.7 Å². The third-order valence-electron chi connectivity index (χ3n) is 2.01. The Bertz CT molecular complexity index is 652. The molecule has 0 aliphatic heterocycles. The van der Waals surface area contributed by atoms with Crippen molar-refractivity contribution in [2.45, 2.75) is 5.51 Å². The lowest BCUT2D eigenvalue weighted by Crippen LogP contribution is -2.26. The molecule has 1 aromatic carbocycles. The van der Waals surface area contributed by atoms with E-state index >= 15 is 0 Å². The Kier molecular flexibility index (Phi) is 5.81. The average Bonchev–Trinajstić information content (AvgIpc) is 2.38. The largest absolute Gasteiger partial charge is 0.534 e. The number of hydrogen-bond acceptors (Lipinski definition) is 4. The summed E-state index contributed by atoms with van der Waals surface area (Å²) in [6.45, 7) is -0.460. The minimum Gasteiger partial charge on any atom is -0.377 e. The number of methoxy groups -OCH3 is 1. The van der Waals surface area contributed by atoms with Crippen molar-refractivity contribution in [3.63, 3.8) is 0 Å². The van der Waals surface area contributed by atoms with Crippen LogP contribution in [0, 0.1) is 11.8 Å². The first-order valence-corrected chi connectivity index (χ1v) is 6.92. The number of halogens is 3. The third-order valence-corrected chi connectivity index (χ3v) is 3.01. The molecule has 0 atom stereocenters. The highest BCUT2D eigenvalue weighted by atomic mass is 32.2. The van der Waals surface area contributed by atoms with E-state index in [9.17, 15) is 21.6 Å². The monoisotopic (exact) mass is 320 g/mol. The normalized spacial score (nSPS) is 12.5. The van der Waals surface area contributed by atoms with Gasteiger partial charge in [-0.15, -0.1) is 0 Å². The van der Waals surface area contributed by atoms with Crippen LogP contribution in [0.1, 0.15) is 5.56 Å². The number of hydrogen-bond donors (Lipinski definition) is 0. The molecular weight excluding hydrogens is 309 g/mol. The van der Waals surface area contributed by atoms with Crippen molar-refractivity contribution >= 4 is 10.1 Å². The van der Waals surface area contributed by atoms with E-state index in [1.807, 2.05) is 0 Å². The molecular formula is C13H11F3O4S. The highest BCUT2D eigenvalue weighted by molar-refractivity contribution is 7.87. The fourth-order valence-electron chi connectivity index (χ4n) is 1.14. The SMILES string of the molecule is COC/C(=C\C#Cc1ccccc1)OS(=O)(=O)C(F)(F)F. The standard InChI is InChI=1S/C13H11F3O4S/c1-19-10-12(20-21(17,18)13(14,15)16)9-5-8-11-6-3-2-4-7-11/h2-4,6-7,9H,10H2,1H3/b12-9+. The van der Waals surface area contributed by atoms with Crippen LogP contribution in [0.5, 0.6) is 0 Å². The maximum atomic E-state index is 12.2. The van der Waals surface area contributed by atoms with Gasteiger partial charge < -0.3 is 8.92 Å². The zero-order valence-corrected chi connectivity index (χ0v) is 11.7. The Morgan fingerprint density at radius 1 is 1.29 bits per heavy atom. The van der Waals surface area contributed by atoms with Crippen LogP contribution in [0.15, 0.2) is 42.2 Å². The lowest BCUT2D eigenvalue weighted by atomic mass is 10.2. The topological polar surface area (TPSA) is 52.6 Å². The molecule has 0 fully saturated rings. The average molecular weight is 320 g/mol. The van der Waals surface area contributed by atoms with E-state index in [-0.39, 0.29) is 0 Å². The Labute approximate surface area is 120 Å². The molecule has 8 heteroatoms. The van der Waals surface area contributed by atoms with Crippen LogP contribution in [0.4, 0.5) is 13.2 Å². The predicted molar refractivity (Wildman–Crippen MR) is 69.3 cm³/mol. The Hall–Kier alpha value is -1.98. The molecule has 0 unspecified atom stereocenters. The van der Waals surface area contributed by atoms with Gasteiger partial charge in [-0.3, -0.25) is 0 Å². The second kappa shape index (κ2) is 7.15. The molecule has 0 saturated heterocycles. The van der Waals surface area contributed by atoms with E-state index in [0.717, 1.165) is 6.08 Å². The molecule has 0 saturated carbocycles. The van der Waals surface area contributed by atoms with Crippen LogP contribution in [-0.4, -0.2) is 27.6 Å². The Morgan fingerprint density at radius 3 is 2.43 bits per heavy atom. The van der Waals surface area contributed by atoms with Crippen LogP contribution < -0.4 is 0 Å². The van der Waals surface area contributed by atoms with Gasteiger partial charge in [-0.25, -0.2) is 0 Å². The Morgan fingerprint density at radius 2 is 1.90 bits per heavy atom. The number of benzene rings is 1. The van der Waals surface area contributed by atoms with Crippen LogP contribution in [0.3, 0.4) is 0 Å². The van der Waals surface area contributed by atoms with Crippen molar-refractivity contribution < 1.29 is 30.5 Å². The predicted octanol–water partition coefficient (Wildman–Crippen LogP) is 2.43. The summed E-state index contributed by atoms with van der Waals surface area (Å²) in [5.74, 6) is 4.47. The smallest absolute Gasteiger partial charge is 0.377 e. The molecule has 4 nitrogen and oxygen atoms in total. The fraction of sp³-hybridized carbons (Fsp3) is 0.231. The summed E-state index contributed by atoms with van der Waals surface area (Å²) in [4.78, 5) is 0. The quantitative estimate of drug-likeness (QED) is 0.370. The van der Waals surface area contributed by atoms with Gasteiger partial charge in [0, 0.05) is 18.7 Å². The summed E-state index contributed by atoms with van der Waals surface area (Å²) in [5, 5.41) is 0. The lowest BCUT2D eigenvalue weighted by molar-refractivity contribution is -0.0527. The molecule has 21 heavy (non-hydrogen) atoms. The van der Waals surface area contributed by atoms with Gasteiger partial charge in [0.15, 0.2) is 5.76 Å². The molecule has 1 aromatic rings. The third kappa shape index (κ3) is 5.49. The number of alkyl halides is 3. The zero-order chi connectivity index (χ0) is 15.9. The molecule has 0 spiro atoms. The molecule has 0 amide bonds. The zero-order valence-electron chi connectivity index (χ0n) is 10.8. The number of ether oxygens (including phenoxy) is 1. The van der Waals surface area contributed by atoms with E-state index in [1.165, 1.54) is 7.11 Å². The maximum Gasteiger partial charge on any atom is 0.534 e. The van der Waals surface area contributed by atoms with Crippen molar-refractivity contribution in [2.24, 2.45) is 0 Å². The molecule has 0 aromatic heterocycles. The second-order valence-corrected chi connectivity index (χ2v) is 5.20. The van der Waals surface area contributed by atoms with Crippen molar-refractivity contribution in [3.05, 3.63) is 47.7 Å². The van der Waals surface area contributed by atoms with Crippen LogP contribution >= 0.6 is 0 Å². The molecule has 1 rings (SSSR count). The fourth-order valence-corrected chi connectivity index (χ4v) is 1.61. The first-order chi connectivity index (χ1) is 9.76. The van der Waals surface area contributed by atoms with E-state index in [1.54, 1.807) is 30.3 Å². The maximum absolute atomic E-state index is 12.2. The van der Waals surface area contributed by atoms with Crippen LogP contribution in [0.2, 0.25) is 0 Å². The van der Waals surface area contributed by atoms with Gasteiger partial charge in [0.1, 0.15) is 6.61 Å². The highest BCUT2D eigenvalue weighted by Crippen LogP contribution is 2.26. The first kappa shape index (κ1) is 17.1. The summed E-state index contributed by atoms with van der Waals surface area (Å²) in [7, 11) is -4.55. The minimum absolute atomic E-state index is 0.460. The first-order valence-electron chi connectivity index (χ1n) is 5.51. The van der Waals surface area contributed by atoms with Gasteiger partial charge in [0.05, 0.1) is 0 Å². The van der Waals surface area contributed by atoms with E-state index in [2.05, 4.69) is 20.8 Å².